The Morgan fingerprint density at radius 2 is 2.16 bits per heavy atom. The molecule has 3 aromatic rings. The summed E-state index contributed by atoms with van der Waals surface area (Å²) in [5.74, 6) is -0.111. The third-order valence-electron chi connectivity index (χ3n) is 5.07. The zero-order valence-electron chi connectivity index (χ0n) is 17.4. The van der Waals surface area contributed by atoms with Crippen LogP contribution in [0.2, 0.25) is 0 Å². The molecule has 1 aliphatic rings. The molecule has 1 unspecified atom stereocenters. The van der Waals surface area contributed by atoms with Crippen LogP contribution in [0.1, 0.15) is 28.3 Å². The van der Waals surface area contributed by atoms with E-state index in [1.54, 1.807) is 12.1 Å². The largest absolute Gasteiger partial charge is 0.483 e. The topological polar surface area (TPSA) is 126 Å². The minimum atomic E-state index is -0.560. The first-order chi connectivity index (χ1) is 15.4. The van der Waals surface area contributed by atoms with Gasteiger partial charge in [-0.2, -0.15) is 5.26 Å². The van der Waals surface area contributed by atoms with Gasteiger partial charge in [0, 0.05) is 27.0 Å². The summed E-state index contributed by atoms with van der Waals surface area (Å²) >= 11 is 3.48. The van der Waals surface area contributed by atoms with Crippen LogP contribution in [-0.2, 0) is 4.79 Å². The molecular weight excluding hydrogens is 474 g/mol. The second kappa shape index (κ2) is 8.77. The normalized spacial score (nSPS) is 14.9. The summed E-state index contributed by atoms with van der Waals surface area (Å²) in [4.78, 5) is 12.5. The Balaban J connectivity index is 1.65. The van der Waals surface area contributed by atoms with Gasteiger partial charge in [-0.05, 0) is 49.7 Å². The minimum absolute atomic E-state index is 0.0142. The van der Waals surface area contributed by atoms with E-state index in [9.17, 15) is 10.1 Å². The Hall–Kier alpha value is -3.77. The summed E-state index contributed by atoms with van der Waals surface area (Å²) in [6.07, 6.45) is 0. The molecule has 162 valence electrons. The predicted octanol–water partition coefficient (Wildman–Crippen LogP) is 4.02. The number of fused-ring (bicyclic) bond motifs is 1. The number of ether oxygens (including phenoxy) is 2. The van der Waals surface area contributed by atoms with Gasteiger partial charge in [0.25, 0.3) is 5.91 Å². The average molecular weight is 494 g/mol. The number of carbonyl (C=O) groups excluding carboxylic acids is 1. The van der Waals surface area contributed by atoms with Crippen LogP contribution in [0.5, 0.6) is 11.6 Å². The summed E-state index contributed by atoms with van der Waals surface area (Å²) in [5.41, 5.74) is 10.1. The minimum Gasteiger partial charge on any atom is -0.483 e. The van der Waals surface area contributed by atoms with Gasteiger partial charge in [0.1, 0.15) is 17.4 Å². The monoisotopic (exact) mass is 493 g/mol. The number of aromatic amines is 1. The van der Waals surface area contributed by atoms with Crippen LogP contribution in [0.3, 0.4) is 0 Å². The third kappa shape index (κ3) is 4.18. The lowest BCUT2D eigenvalue weighted by Crippen LogP contribution is -2.23. The van der Waals surface area contributed by atoms with Crippen molar-refractivity contribution in [1.82, 2.24) is 10.2 Å². The molecule has 0 aliphatic carbocycles. The number of amides is 1. The lowest BCUT2D eigenvalue weighted by Gasteiger charge is -2.25. The maximum Gasteiger partial charge on any atom is 0.262 e. The van der Waals surface area contributed by atoms with Crippen LogP contribution in [0.15, 0.2) is 58.4 Å². The van der Waals surface area contributed by atoms with Gasteiger partial charge in [0.15, 0.2) is 6.61 Å². The third-order valence-corrected chi connectivity index (χ3v) is 5.57. The quantitative estimate of drug-likeness (QED) is 0.492. The van der Waals surface area contributed by atoms with E-state index in [2.05, 4.69) is 37.5 Å². The fraction of sp³-hybridized carbons (Fsp3) is 0.174. The number of hydrogen-bond acceptors (Lipinski definition) is 6. The van der Waals surface area contributed by atoms with Gasteiger partial charge in [-0.15, -0.1) is 5.10 Å². The van der Waals surface area contributed by atoms with Gasteiger partial charge in [0.2, 0.25) is 11.8 Å². The molecule has 0 fully saturated rings. The van der Waals surface area contributed by atoms with Crippen molar-refractivity contribution in [2.24, 2.45) is 5.73 Å². The van der Waals surface area contributed by atoms with Crippen molar-refractivity contribution in [2.75, 3.05) is 11.9 Å². The average Bonchev–Trinajstić information content (AvgIpc) is 3.12. The standard InChI is InChI=1S/C23H20BrN5O3/c1-12-4-3-5-15(8-12)27-19(30)11-31-18-7-6-14(24)9-16(18)21-17(10-25)22(26)32-23-20(21)13(2)28-29-23/h3-9,21H,11,26H2,1-2H3,(H,27,30)(H,28,29). The molecule has 1 amide bonds. The second-order valence-corrected chi connectivity index (χ2v) is 8.30. The van der Waals surface area contributed by atoms with Gasteiger partial charge in [-0.25, -0.2) is 0 Å². The molecule has 9 heteroatoms. The second-order valence-electron chi connectivity index (χ2n) is 7.38. The number of allylic oxidation sites excluding steroid dienone is 1. The highest BCUT2D eigenvalue weighted by molar-refractivity contribution is 9.10. The smallest absolute Gasteiger partial charge is 0.262 e. The molecule has 0 saturated carbocycles. The lowest BCUT2D eigenvalue weighted by atomic mass is 9.83. The van der Waals surface area contributed by atoms with Crippen LogP contribution >= 0.6 is 15.9 Å². The fourth-order valence-electron chi connectivity index (χ4n) is 3.65. The van der Waals surface area contributed by atoms with Gasteiger partial charge >= 0.3 is 0 Å². The van der Waals surface area contributed by atoms with Crippen LogP contribution in [-0.4, -0.2) is 22.7 Å². The number of aromatic nitrogens is 2. The number of anilines is 1. The maximum absolute atomic E-state index is 12.5. The lowest BCUT2D eigenvalue weighted by molar-refractivity contribution is -0.118. The molecule has 0 bridgehead atoms. The molecule has 4 rings (SSSR count). The molecule has 1 aliphatic heterocycles. The van der Waals surface area contributed by atoms with Crippen molar-refractivity contribution >= 4 is 27.5 Å². The number of nitriles is 1. The zero-order valence-corrected chi connectivity index (χ0v) is 19.0. The number of H-pyrrole nitrogens is 1. The number of rotatable bonds is 5. The van der Waals surface area contributed by atoms with Crippen LogP contribution in [0.4, 0.5) is 5.69 Å². The van der Waals surface area contributed by atoms with E-state index in [-0.39, 0.29) is 24.0 Å². The molecule has 4 N–H and O–H groups in total. The number of nitrogens with one attached hydrogen (secondary N) is 2. The molecule has 0 radical (unpaired) electrons. The van der Waals surface area contributed by atoms with Crippen molar-refractivity contribution < 1.29 is 14.3 Å². The molecule has 1 atom stereocenters. The van der Waals surface area contributed by atoms with E-state index in [1.807, 2.05) is 44.2 Å². The molecule has 0 spiro atoms. The summed E-state index contributed by atoms with van der Waals surface area (Å²) in [6.45, 7) is 3.59. The summed E-state index contributed by atoms with van der Waals surface area (Å²) < 4.78 is 12.2. The Morgan fingerprint density at radius 1 is 1.34 bits per heavy atom. The molecule has 2 heterocycles. The van der Waals surface area contributed by atoms with Crippen molar-refractivity contribution in [3.05, 3.63) is 80.8 Å². The van der Waals surface area contributed by atoms with Crippen molar-refractivity contribution in [3.8, 4) is 17.7 Å². The highest BCUT2D eigenvalue weighted by Gasteiger charge is 2.36. The van der Waals surface area contributed by atoms with Crippen molar-refractivity contribution in [3.63, 3.8) is 0 Å². The molecule has 32 heavy (non-hydrogen) atoms. The summed E-state index contributed by atoms with van der Waals surface area (Å²) in [5, 5.41) is 19.6. The highest BCUT2D eigenvalue weighted by Crippen LogP contribution is 2.46. The molecule has 2 aromatic carbocycles. The Morgan fingerprint density at radius 3 is 2.91 bits per heavy atom. The Kier molecular flexibility index (Phi) is 5.88. The number of aryl methyl sites for hydroxylation is 2. The Bertz CT molecular complexity index is 1270. The van der Waals surface area contributed by atoms with Crippen LogP contribution in [0.25, 0.3) is 0 Å². The van der Waals surface area contributed by atoms with E-state index in [0.717, 1.165) is 15.7 Å². The molecule has 0 saturated heterocycles. The molecule has 1 aromatic heterocycles. The SMILES string of the molecule is Cc1cccc(NC(=O)COc2ccc(Br)cc2C2C(C#N)=C(N)Oc3n[nH]c(C)c32)c1. The fourth-order valence-corrected chi connectivity index (χ4v) is 4.03. The van der Waals surface area contributed by atoms with E-state index in [0.29, 0.717) is 28.4 Å². The van der Waals surface area contributed by atoms with E-state index in [1.165, 1.54) is 0 Å². The number of hydrogen-bond donors (Lipinski definition) is 3. The number of nitrogens with two attached hydrogens (primary N) is 1. The maximum atomic E-state index is 12.5. The van der Waals surface area contributed by atoms with Crippen LogP contribution < -0.4 is 20.5 Å². The number of halogens is 1. The van der Waals surface area contributed by atoms with E-state index in [4.69, 9.17) is 15.2 Å². The first kappa shape index (κ1) is 21.5. The van der Waals surface area contributed by atoms with E-state index < -0.39 is 5.92 Å². The molecule has 8 nitrogen and oxygen atoms in total. The number of carbonyl (C=O) groups is 1. The van der Waals surface area contributed by atoms with Crippen molar-refractivity contribution in [2.45, 2.75) is 19.8 Å². The first-order valence-corrected chi connectivity index (χ1v) is 10.6. The predicted molar refractivity (Wildman–Crippen MR) is 122 cm³/mol. The summed E-state index contributed by atoms with van der Waals surface area (Å²) in [6, 6.07) is 15.0. The zero-order chi connectivity index (χ0) is 22.8. The van der Waals surface area contributed by atoms with Gasteiger partial charge in [-0.1, -0.05) is 28.1 Å². The van der Waals surface area contributed by atoms with E-state index >= 15 is 0 Å². The first-order valence-electron chi connectivity index (χ1n) is 9.78. The summed E-state index contributed by atoms with van der Waals surface area (Å²) in [7, 11) is 0. The number of benzene rings is 2. The highest BCUT2D eigenvalue weighted by atomic mass is 79.9. The molecular formula is C23H20BrN5O3. The van der Waals surface area contributed by atoms with Gasteiger partial charge in [0.05, 0.1) is 5.92 Å². The van der Waals surface area contributed by atoms with Crippen molar-refractivity contribution in [1.29, 1.82) is 5.26 Å². The Labute approximate surface area is 193 Å². The van der Waals surface area contributed by atoms with Gasteiger partial charge < -0.3 is 20.5 Å². The van der Waals surface area contributed by atoms with Crippen LogP contribution in [0, 0.1) is 25.2 Å². The van der Waals surface area contributed by atoms with Gasteiger partial charge in [-0.3, -0.25) is 9.89 Å². The number of nitrogens with zero attached hydrogens (tertiary/aromatic N) is 2.